The van der Waals surface area contributed by atoms with Crippen molar-refractivity contribution >= 4 is 17.3 Å². The Morgan fingerprint density at radius 2 is 1.83 bits per heavy atom. The molecule has 5 heteroatoms. The minimum absolute atomic E-state index is 0.0790. The molecule has 2 aromatic rings. The average molecular weight is 326 g/mol. The molecule has 0 aliphatic rings. The van der Waals surface area contributed by atoms with Gasteiger partial charge in [-0.2, -0.15) is 0 Å². The van der Waals surface area contributed by atoms with E-state index < -0.39 is 4.92 Å². The quantitative estimate of drug-likeness (QED) is 0.623. The fourth-order valence-electron chi connectivity index (χ4n) is 2.44. The number of rotatable bonds is 6. The zero-order valence-corrected chi connectivity index (χ0v) is 14.2. The van der Waals surface area contributed by atoms with Gasteiger partial charge in [0.2, 0.25) is 5.91 Å². The molecule has 0 aliphatic heterocycles. The van der Waals surface area contributed by atoms with E-state index in [-0.39, 0.29) is 23.7 Å². The van der Waals surface area contributed by atoms with Gasteiger partial charge in [0.25, 0.3) is 5.69 Å². The van der Waals surface area contributed by atoms with E-state index >= 15 is 0 Å². The third kappa shape index (κ3) is 4.65. The van der Waals surface area contributed by atoms with Crippen LogP contribution in [-0.4, -0.2) is 10.8 Å². The standard InChI is InChI=1S/C19H22N2O3/c1-13(2)16-8-5-15(6-9-16)7-11-19(22)20-17-10-4-14(3)12-18(17)21(23)24/h4-6,8-10,12-13H,7,11H2,1-3H3,(H,20,22). The molecule has 0 saturated carbocycles. The molecular weight excluding hydrogens is 304 g/mol. The normalized spacial score (nSPS) is 10.7. The van der Waals surface area contributed by atoms with Crippen molar-refractivity contribution in [1.29, 1.82) is 0 Å². The van der Waals surface area contributed by atoms with E-state index in [4.69, 9.17) is 0 Å². The van der Waals surface area contributed by atoms with Crippen molar-refractivity contribution in [3.63, 3.8) is 0 Å². The number of anilines is 1. The topological polar surface area (TPSA) is 72.2 Å². The van der Waals surface area contributed by atoms with Gasteiger partial charge in [-0.1, -0.05) is 44.2 Å². The van der Waals surface area contributed by atoms with E-state index in [9.17, 15) is 14.9 Å². The Morgan fingerprint density at radius 1 is 1.17 bits per heavy atom. The monoisotopic (exact) mass is 326 g/mol. The van der Waals surface area contributed by atoms with Crippen LogP contribution in [0.2, 0.25) is 0 Å². The van der Waals surface area contributed by atoms with Crippen LogP contribution in [0.15, 0.2) is 42.5 Å². The highest BCUT2D eigenvalue weighted by Gasteiger charge is 2.15. The molecule has 0 spiro atoms. The van der Waals surface area contributed by atoms with E-state index in [1.807, 2.05) is 12.1 Å². The predicted molar refractivity (Wildman–Crippen MR) is 95.3 cm³/mol. The lowest BCUT2D eigenvalue weighted by Gasteiger charge is -2.08. The summed E-state index contributed by atoms with van der Waals surface area (Å²) in [5.74, 6) is 0.249. The maximum atomic E-state index is 12.1. The Morgan fingerprint density at radius 3 is 2.42 bits per heavy atom. The maximum absolute atomic E-state index is 12.1. The zero-order chi connectivity index (χ0) is 17.7. The second-order valence-electron chi connectivity index (χ2n) is 6.22. The molecule has 0 bridgehead atoms. The Balaban J connectivity index is 1.97. The first-order valence-corrected chi connectivity index (χ1v) is 8.00. The first-order chi connectivity index (χ1) is 11.4. The van der Waals surface area contributed by atoms with Crippen LogP contribution in [0.4, 0.5) is 11.4 Å². The third-order valence-corrected chi connectivity index (χ3v) is 3.91. The highest BCUT2D eigenvalue weighted by molar-refractivity contribution is 5.93. The van der Waals surface area contributed by atoms with Gasteiger partial charge in [0, 0.05) is 12.5 Å². The highest BCUT2D eigenvalue weighted by Crippen LogP contribution is 2.25. The fourth-order valence-corrected chi connectivity index (χ4v) is 2.44. The molecule has 0 aliphatic carbocycles. The highest BCUT2D eigenvalue weighted by atomic mass is 16.6. The summed E-state index contributed by atoms with van der Waals surface area (Å²) in [7, 11) is 0. The largest absolute Gasteiger partial charge is 0.320 e. The van der Waals surface area contributed by atoms with Gasteiger partial charge in [0.15, 0.2) is 0 Å². The van der Waals surface area contributed by atoms with Crippen LogP contribution < -0.4 is 5.32 Å². The molecule has 0 unspecified atom stereocenters. The maximum Gasteiger partial charge on any atom is 0.293 e. The summed E-state index contributed by atoms with van der Waals surface area (Å²) >= 11 is 0. The molecule has 0 heterocycles. The lowest BCUT2D eigenvalue weighted by Crippen LogP contribution is -2.13. The summed E-state index contributed by atoms with van der Waals surface area (Å²) in [5.41, 5.74) is 3.28. The Bertz CT molecular complexity index is 737. The van der Waals surface area contributed by atoms with Gasteiger partial charge in [-0.15, -0.1) is 0 Å². The number of hydrogen-bond acceptors (Lipinski definition) is 3. The van der Waals surface area contributed by atoms with Crippen molar-refractivity contribution in [2.24, 2.45) is 0 Å². The summed E-state index contributed by atoms with van der Waals surface area (Å²) in [6, 6.07) is 13.0. The van der Waals surface area contributed by atoms with E-state index in [2.05, 4.69) is 31.3 Å². The fraction of sp³-hybridized carbons (Fsp3) is 0.316. The molecule has 126 valence electrons. The van der Waals surface area contributed by atoms with Crippen LogP contribution in [0, 0.1) is 17.0 Å². The number of amides is 1. The van der Waals surface area contributed by atoms with Gasteiger partial charge >= 0.3 is 0 Å². The van der Waals surface area contributed by atoms with Crippen LogP contribution in [0.3, 0.4) is 0 Å². The number of carbonyl (C=O) groups is 1. The number of aryl methyl sites for hydroxylation is 2. The third-order valence-electron chi connectivity index (χ3n) is 3.91. The van der Waals surface area contributed by atoms with Crippen LogP contribution in [0.1, 0.15) is 42.9 Å². The molecule has 1 amide bonds. The molecule has 5 nitrogen and oxygen atoms in total. The SMILES string of the molecule is Cc1ccc(NC(=O)CCc2ccc(C(C)C)cc2)c([N+](=O)[O-])c1. The number of hydrogen-bond donors (Lipinski definition) is 1. The van der Waals surface area contributed by atoms with Gasteiger partial charge in [-0.3, -0.25) is 14.9 Å². The predicted octanol–water partition coefficient (Wildman–Crippen LogP) is 4.60. The van der Waals surface area contributed by atoms with Crippen molar-refractivity contribution < 1.29 is 9.72 Å². The van der Waals surface area contributed by atoms with Crippen molar-refractivity contribution in [3.05, 3.63) is 69.3 Å². The Hall–Kier alpha value is -2.69. The zero-order valence-electron chi connectivity index (χ0n) is 14.2. The Labute approximate surface area is 141 Å². The van der Waals surface area contributed by atoms with Crippen molar-refractivity contribution in [3.8, 4) is 0 Å². The van der Waals surface area contributed by atoms with Crippen molar-refractivity contribution in [2.75, 3.05) is 5.32 Å². The van der Waals surface area contributed by atoms with Gasteiger partial charge in [-0.25, -0.2) is 0 Å². The summed E-state index contributed by atoms with van der Waals surface area (Å²) in [6.07, 6.45) is 0.885. The molecular formula is C19H22N2O3. The second kappa shape index (κ2) is 7.73. The molecule has 24 heavy (non-hydrogen) atoms. The van der Waals surface area contributed by atoms with E-state index in [0.29, 0.717) is 12.3 Å². The van der Waals surface area contributed by atoms with Crippen LogP contribution in [-0.2, 0) is 11.2 Å². The number of nitrogens with zero attached hydrogens (tertiary/aromatic N) is 1. The molecule has 2 aromatic carbocycles. The molecule has 2 rings (SSSR count). The van der Waals surface area contributed by atoms with Gasteiger partial charge in [-0.05, 0) is 42.0 Å². The molecule has 0 saturated heterocycles. The summed E-state index contributed by atoms with van der Waals surface area (Å²) in [4.78, 5) is 22.7. The van der Waals surface area contributed by atoms with Gasteiger partial charge < -0.3 is 5.32 Å². The lowest BCUT2D eigenvalue weighted by molar-refractivity contribution is -0.384. The van der Waals surface area contributed by atoms with E-state index in [1.165, 1.54) is 11.6 Å². The molecule has 0 radical (unpaired) electrons. The smallest absolute Gasteiger partial charge is 0.293 e. The van der Waals surface area contributed by atoms with Gasteiger partial charge in [0.1, 0.15) is 5.69 Å². The molecule has 0 aromatic heterocycles. The molecule has 0 atom stereocenters. The minimum Gasteiger partial charge on any atom is -0.320 e. The van der Waals surface area contributed by atoms with E-state index in [0.717, 1.165) is 11.1 Å². The van der Waals surface area contributed by atoms with Crippen molar-refractivity contribution in [2.45, 2.75) is 39.5 Å². The first kappa shape index (κ1) is 17.7. The number of nitro benzene ring substituents is 1. The molecule has 1 N–H and O–H groups in total. The summed E-state index contributed by atoms with van der Waals surface area (Å²) in [5, 5.41) is 13.7. The average Bonchev–Trinajstić information content (AvgIpc) is 2.54. The van der Waals surface area contributed by atoms with Crippen LogP contribution in [0.25, 0.3) is 0 Å². The number of nitro groups is 1. The summed E-state index contributed by atoms with van der Waals surface area (Å²) in [6.45, 7) is 6.05. The number of nitrogens with one attached hydrogen (secondary N) is 1. The second-order valence-corrected chi connectivity index (χ2v) is 6.22. The molecule has 0 fully saturated rings. The number of benzene rings is 2. The van der Waals surface area contributed by atoms with Crippen LogP contribution >= 0.6 is 0 Å². The Kier molecular flexibility index (Phi) is 5.68. The van der Waals surface area contributed by atoms with Gasteiger partial charge in [0.05, 0.1) is 4.92 Å². The van der Waals surface area contributed by atoms with Crippen molar-refractivity contribution in [1.82, 2.24) is 0 Å². The van der Waals surface area contributed by atoms with E-state index in [1.54, 1.807) is 19.1 Å². The van der Waals surface area contributed by atoms with Crippen LogP contribution in [0.5, 0.6) is 0 Å². The summed E-state index contributed by atoms with van der Waals surface area (Å²) < 4.78 is 0. The number of carbonyl (C=O) groups excluding carboxylic acids is 1. The lowest BCUT2D eigenvalue weighted by atomic mass is 10.0. The first-order valence-electron chi connectivity index (χ1n) is 8.00. The minimum atomic E-state index is -0.479.